The third-order valence-electron chi connectivity index (χ3n) is 8.73. The fourth-order valence-electron chi connectivity index (χ4n) is 5.62. The van der Waals surface area contributed by atoms with Gasteiger partial charge in [-0.05, 0) is 51.4 Å². The van der Waals surface area contributed by atoms with Gasteiger partial charge < -0.3 is 20.1 Å². The lowest BCUT2D eigenvalue weighted by Gasteiger charge is -2.19. The lowest BCUT2D eigenvalue weighted by Crippen LogP contribution is -2.29. The molecule has 3 N–H and O–H groups in total. The van der Waals surface area contributed by atoms with Crippen molar-refractivity contribution in [1.82, 2.24) is 0 Å². The number of phosphoric ester groups is 1. The number of nitrogens with two attached hydrogens (primary N) is 1. The molecular weight excluding hydrogens is 689 g/mol. The number of esters is 2. The van der Waals surface area contributed by atoms with E-state index < -0.39 is 32.5 Å². The van der Waals surface area contributed by atoms with E-state index in [0.29, 0.717) is 12.8 Å². The van der Waals surface area contributed by atoms with Crippen molar-refractivity contribution >= 4 is 19.8 Å². The van der Waals surface area contributed by atoms with Crippen LogP contribution in [0.3, 0.4) is 0 Å². The van der Waals surface area contributed by atoms with Crippen molar-refractivity contribution in [3.05, 3.63) is 48.6 Å². The Morgan fingerprint density at radius 3 is 1.55 bits per heavy atom. The van der Waals surface area contributed by atoms with Gasteiger partial charge >= 0.3 is 19.8 Å². The summed E-state index contributed by atoms with van der Waals surface area (Å²) in [7, 11) is -4.38. The van der Waals surface area contributed by atoms with E-state index >= 15 is 0 Å². The lowest BCUT2D eigenvalue weighted by atomic mass is 10.0. The molecule has 0 spiro atoms. The molecule has 0 saturated carbocycles. The zero-order valence-corrected chi connectivity index (χ0v) is 34.6. The average Bonchev–Trinajstić information content (AvgIpc) is 3.14. The zero-order chi connectivity index (χ0) is 38.9. The summed E-state index contributed by atoms with van der Waals surface area (Å²) in [5, 5.41) is 0. The zero-order valence-electron chi connectivity index (χ0n) is 33.7. The Hall–Kier alpha value is -2.03. The molecule has 0 amide bonds. The Morgan fingerprint density at radius 1 is 0.585 bits per heavy atom. The molecule has 0 aromatic heterocycles. The first-order chi connectivity index (χ1) is 25.8. The van der Waals surface area contributed by atoms with Crippen molar-refractivity contribution in [2.24, 2.45) is 5.73 Å². The number of carbonyl (C=O) groups excluding carboxylic acids is 2. The van der Waals surface area contributed by atoms with Crippen molar-refractivity contribution in [3.63, 3.8) is 0 Å². The SMILES string of the molecule is CC/C=C\C/C=C\C/C=C\C/C=C\CCCCCCC(=O)OC[C@H](COP(=O)(O)OCCN)OC(=O)CCCCCCCCCCCCCCCCC. The van der Waals surface area contributed by atoms with Crippen LogP contribution < -0.4 is 5.73 Å². The molecule has 0 aliphatic heterocycles. The molecule has 0 saturated heterocycles. The fourth-order valence-corrected chi connectivity index (χ4v) is 6.39. The van der Waals surface area contributed by atoms with Gasteiger partial charge in [-0.2, -0.15) is 0 Å². The van der Waals surface area contributed by atoms with Crippen molar-refractivity contribution in [3.8, 4) is 0 Å². The smallest absolute Gasteiger partial charge is 0.462 e. The van der Waals surface area contributed by atoms with E-state index in [-0.39, 0.29) is 32.6 Å². The van der Waals surface area contributed by atoms with Crippen molar-refractivity contribution in [2.45, 2.75) is 187 Å². The van der Waals surface area contributed by atoms with Crippen LogP contribution in [-0.2, 0) is 32.7 Å². The molecule has 0 aromatic carbocycles. The van der Waals surface area contributed by atoms with E-state index in [1.54, 1.807) is 0 Å². The molecule has 10 heteroatoms. The van der Waals surface area contributed by atoms with E-state index in [4.69, 9.17) is 24.3 Å². The van der Waals surface area contributed by atoms with Crippen LogP contribution in [-0.4, -0.2) is 49.3 Å². The fraction of sp³-hybridized carbons (Fsp3) is 0.767. The number of unbranched alkanes of at least 4 members (excludes halogenated alkanes) is 18. The highest BCUT2D eigenvalue weighted by Gasteiger charge is 2.26. The summed E-state index contributed by atoms with van der Waals surface area (Å²) < 4.78 is 32.7. The van der Waals surface area contributed by atoms with Gasteiger partial charge in [-0.25, -0.2) is 4.57 Å². The summed E-state index contributed by atoms with van der Waals surface area (Å²) in [6, 6.07) is 0. The van der Waals surface area contributed by atoms with Gasteiger partial charge in [-0.1, -0.05) is 165 Å². The molecule has 1 unspecified atom stereocenters. The molecule has 0 aliphatic rings. The topological polar surface area (TPSA) is 134 Å². The Bertz CT molecular complexity index is 1010. The summed E-state index contributed by atoms with van der Waals surface area (Å²) in [5.74, 6) is -0.854. The second-order valence-electron chi connectivity index (χ2n) is 13.8. The molecule has 0 aliphatic carbocycles. The summed E-state index contributed by atoms with van der Waals surface area (Å²) in [5.41, 5.74) is 5.34. The van der Waals surface area contributed by atoms with Gasteiger partial charge in [0.25, 0.3) is 0 Å². The minimum atomic E-state index is -4.38. The molecule has 308 valence electrons. The van der Waals surface area contributed by atoms with E-state index in [2.05, 4.69) is 62.5 Å². The molecule has 0 radical (unpaired) electrons. The first kappa shape index (κ1) is 51.0. The van der Waals surface area contributed by atoms with Crippen LogP contribution in [0.25, 0.3) is 0 Å². The van der Waals surface area contributed by atoms with Gasteiger partial charge in [0, 0.05) is 19.4 Å². The molecular formula is C43H78NO8P. The first-order valence-corrected chi connectivity index (χ1v) is 22.6. The second-order valence-corrected chi connectivity index (χ2v) is 15.3. The summed E-state index contributed by atoms with van der Waals surface area (Å²) in [6.07, 6.45) is 44.2. The van der Waals surface area contributed by atoms with Gasteiger partial charge in [-0.3, -0.25) is 18.6 Å². The molecule has 0 heterocycles. The monoisotopic (exact) mass is 768 g/mol. The number of ether oxygens (including phenoxy) is 2. The Labute approximate surface area is 324 Å². The van der Waals surface area contributed by atoms with Crippen LogP contribution in [0.5, 0.6) is 0 Å². The van der Waals surface area contributed by atoms with Gasteiger partial charge in [-0.15, -0.1) is 0 Å². The predicted octanol–water partition coefficient (Wildman–Crippen LogP) is 11.9. The molecule has 0 fully saturated rings. The quantitative estimate of drug-likeness (QED) is 0.0271. The van der Waals surface area contributed by atoms with Crippen molar-refractivity contribution in [2.75, 3.05) is 26.4 Å². The number of carbonyl (C=O) groups is 2. The summed E-state index contributed by atoms with van der Waals surface area (Å²) >= 11 is 0. The minimum absolute atomic E-state index is 0.0492. The van der Waals surface area contributed by atoms with Crippen molar-refractivity contribution in [1.29, 1.82) is 0 Å². The first-order valence-electron chi connectivity index (χ1n) is 21.1. The molecule has 0 aromatic rings. The van der Waals surface area contributed by atoms with E-state index in [9.17, 15) is 19.0 Å². The number of hydrogen-bond acceptors (Lipinski definition) is 8. The maximum atomic E-state index is 12.6. The average molecular weight is 768 g/mol. The van der Waals surface area contributed by atoms with E-state index in [1.165, 1.54) is 77.0 Å². The largest absolute Gasteiger partial charge is 0.472 e. The van der Waals surface area contributed by atoms with E-state index in [0.717, 1.165) is 64.2 Å². The van der Waals surface area contributed by atoms with Crippen LogP contribution in [0.2, 0.25) is 0 Å². The molecule has 0 rings (SSSR count). The van der Waals surface area contributed by atoms with Crippen LogP contribution in [0.15, 0.2) is 48.6 Å². The third kappa shape index (κ3) is 39.5. The van der Waals surface area contributed by atoms with Gasteiger partial charge in [0.05, 0.1) is 13.2 Å². The molecule has 9 nitrogen and oxygen atoms in total. The number of allylic oxidation sites excluding steroid dienone is 8. The lowest BCUT2D eigenvalue weighted by molar-refractivity contribution is -0.161. The van der Waals surface area contributed by atoms with Crippen molar-refractivity contribution < 1.29 is 37.6 Å². The highest BCUT2D eigenvalue weighted by Crippen LogP contribution is 2.43. The van der Waals surface area contributed by atoms with Crippen LogP contribution in [0.4, 0.5) is 0 Å². The Kier molecular flexibility index (Phi) is 38.1. The summed E-state index contributed by atoms with van der Waals surface area (Å²) in [4.78, 5) is 34.8. The number of rotatable bonds is 39. The van der Waals surface area contributed by atoms with Gasteiger partial charge in [0.1, 0.15) is 6.61 Å². The van der Waals surface area contributed by atoms with Gasteiger partial charge in [0.2, 0.25) is 0 Å². The highest BCUT2D eigenvalue weighted by molar-refractivity contribution is 7.47. The Balaban J connectivity index is 4.20. The van der Waals surface area contributed by atoms with E-state index in [1.807, 2.05) is 0 Å². The summed E-state index contributed by atoms with van der Waals surface area (Å²) in [6.45, 7) is 3.59. The van der Waals surface area contributed by atoms with Crippen LogP contribution in [0, 0.1) is 0 Å². The van der Waals surface area contributed by atoms with Gasteiger partial charge in [0.15, 0.2) is 6.10 Å². The predicted molar refractivity (Wildman–Crippen MR) is 220 cm³/mol. The Morgan fingerprint density at radius 2 is 1.04 bits per heavy atom. The molecule has 0 bridgehead atoms. The normalized spacial score (nSPS) is 13.8. The minimum Gasteiger partial charge on any atom is -0.462 e. The number of phosphoric acid groups is 1. The molecule has 53 heavy (non-hydrogen) atoms. The standard InChI is InChI=1S/C43H78NO8P/c1-3-5-7-9-11-13-15-17-19-20-22-23-25-27-29-31-33-35-42(45)49-39-41(40-51-53(47,48)50-38-37-44)52-43(46)36-34-32-30-28-26-24-21-18-16-14-12-10-8-6-4-2/h5,7,11,13,17,19,22-23,41H,3-4,6,8-10,12,14-16,18,20-21,24-40,44H2,1-2H3,(H,47,48)/b7-5-,13-11-,19-17-,23-22-/t41-/m1/s1. The highest BCUT2D eigenvalue weighted by atomic mass is 31.2. The number of hydrogen-bond donors (Lipinski definition) is 2. The van der Waals surface area contributed by atoms with Crippen LogP contribution >= 0.6 is 7.82 Å². The maximum absolute atomic E-state index is 12.6. The third-order valence-corrected chi connectivity index (χ3v) is 9.71. The van der Waals surface area contributed by atoms with Crippen LogP contribution in [0.1, 0.15) is 181 Å². The second kappa shape index (κ2) is 39.7. The maximum Gasteiger partial charge on any atom is 0.472 e. The molecule has 2 atom stereocenters.